The van der Waals surface area contributed by atoms with E-state index in [2.05, 4.69) is 35.9 Å². The van der Waals surface area contributed by atoms with Crippen LogP contribution in [0.4, 0.5) is 0 Å². The summed E-state index contributed by atoms with van der Waals surface area (Å²) in [5.41, 5.74) is 6.30. The molecule has 0 radical (unpaired) electrons. The van der Waals surface area contributed by atoms with Crippen LogP contribution in [-0.4, -0.2) is 52.5 Å². The maximum absolute atomic E-state index is 12.2. The third-order valence-corrected chi connectivity index (χ3v) is 4.00. The molecule has 0 aromatic heterocycles. The Labute approximate surface area is 151 Å². The molecule has 7 nitrogen and oxygen atoms in total. The number of nitrogens with one attached hydrogen (secondary N) is 2. The fourth-order valence-electron chi connectivity index (χ4n) is 1.88. The van der Waals surface area contributed by atoms with Crippen LogP contribution in [0.3, 0.4) is 0 Å². The topological polar surface area (TPSA) is 122 Å². The van der Waals surface area contributed by atoms with Gasteiger partial charge in [-0.15, -0.1) is 0 Å². The van der Waals surface area contributed by atoms with Crippen molar-refractivity contribution < 1.29 is 19.5 Å². The highest BCUT2D eigenvalue weighted by molar-refractivity contribution is 7.80. The van der Waals surface area contributed by atoms with Gasteiger partial charge in [-0.1, -0.05) is 30.3 Å². The smallest absolute Gasteiger partial charge is 0.326 e. The summed E-state index contributed by atoms with van der Waals surface area (Å²) in [5.74, 6) is -2.21. The van der Waals surface area contributed by atoms with E-state index in [9.17, 15) is 19.5 Å². The molecule has 1 aromatic carbocycles. The second-order valence-electron chi connectivity index (χ2n) is 5.12. The minimum absolute atomic E-state index is 0.00847. The zero-order valence-electron chi connectivity index (χ0n) is 12.9. The van der Waals surface area contributed by atoms with Gasteiger partial charge < -0.3 is 21.5 Å². The van der Waals surface area contributed by atoms with E-state index in [-0.39, 0.29) is 17.9 Å². The van der Waals surface area contributed by atoms with Crippen LogP contribution < -0.4 is 16.4 Å². The summed E-state index contributed by atoms with van der Waals surface area (Å²) in [6.45, 7) is 0. The van der Waals surface area contributed by atoms with Crippen LogP contribution in [0.1, 0.15) is 5.56 Å². The molecule has 5 N–H and O–H groups in total. The predicted octanol–water partition coefficient (Wildman–Crippen LogP) is -0.530. The molecule has 0 aliphatic rings. The fraction of sp³-hybridized carbons (Fsp3) is 0.400. The number of benzene rings is 1. The van der Waals surface area contributed by atoms with Crippen LogP contribution in [0.2, 0.25) is 0 Å². The minimum atomic E-state index is -1.16. The van der Waals surface area contributed by atoms with Crippen LogP contribution in [0.15, 0.2) is 30.3 Å². The number of hydrogen-bond acceptors (Lipinski definition) is 6. The van der Waals surface area contributed by atoms with E-state index in [1.165, 1.54) is 0 Å². The lowest BCUT2D eigenvalue weighted by atomic mass is 10.1. The maximum Gasteiger partial charge on any atom is 0.326 e. The van der Waals surface area contributed by atoms with Crippen molar-refractivity contribution in [3.05, 3.63) is 35.9 Å². The van der Waals surface area contributed by atoms with Gasteiger partial charge in [-0.25, -0.2) is 4.79 Å². The Hall–Kier alpha value is -1.71. The van der Waals surface area contributed by atoms with Crippen molar-refractivity contribution in [2.45, 2.75) is 24.5 Å². The first-order chi connectivity index (χ1) is 11.4. The molecule has 9 heteroatoms. The summed E-state index contributed by atoms with van der Waals surface area (Å²) in [7, 11) is 0. The molecule has 0 fully saturated rings. The van der Waals surface area contributed by atoms with E-state index < -0.39 is 35.9 Å². The second kappa shape index (κ2) is 10.2. The van der Waals surface area contributed by atoms with Gasteiger partial charge in [-0.3, -0.25) is 9.59 Å². The molecule has 0 spiro atoms. The van der Waals surface area contributed by atoms with Crippen molar-refractivity contribution >= 4 is 43.0 Å². The van der Waals surface area contributed by atoms with Gasteiger partial charge >= 0.3 is 5.97 Å². The van der Waals surface area contributed by atoms with Crippen molar-refractivity contribution in [1.29, 1.82) is 0 Å². The first-order valence-electron chi connectivity index (χ1n) is 7.23. The molecule has 3 atom stereocenters. The van der Waals surface area contributed by atoms with Crippen molar-refractivity contribution in [2.75, 3.05) is 11.5 Å². The number of nitrogens with two attached hydrogens (primary N) is 1. The standard InChI is InChI=1S/C15H21N3O4S2/c16-10(7-23)13(19)18-12(8-24)14(20)17-11(15(21)22)6-9-4-2-1-3-5-9/h1-5,10-12,23-24H,6-8,16H2,(H,17,20)(H,18,19)(H,21,22). The Morgan fingerprint density at radius 1 is 1.00 bits per heavy atom. The first kappa shape index (κ1) is 20.3. The van der Waals surface area contributed by atoms with Crippen molar-refractivity contribution in [3.63, 3.8) is 0 Å². The molecule has 1 rings (SSSR count). The van der Waals surface area contributed by atoms with E-state index in [0.717, 1.165) is 5.56 Å². The molecule has 0 aliphatic heterocycles. The quantitative estimate of drug-likeness (QED) is 0.326. The number of carboxylic acids is 1. The minimum Gasteiger partial charge on any atom is -0.480 e. The van der Waals surface area contributed by atoms with E-state index in [1.54, 1.807) is 24.3 Å². The lowest BCUT2D eigenvalue weighted by molar-refractivity contribution is -0.142. The van der Waals surface area contributed by atoms with Gasteiger partial charge in [0, 0.05) is 17.9 Å². The monoisotopic (exact) mass is 371 g/mol. The average molecular weight is 371 g/mol. The highest BCUT2D eigenvalue weighted by Gasteiger charge is 2.27. The Balaban J connectivity index is 2.72. The zero-order chi connectivity index (χ0) is 18.1. The number of carbonyl (C=O) groups excluding carboxylic acids is 2. The van der Waals surface area contributed by atoms with Crippen LogP contribution in [-0.2, 0) is 20.8 Å². The maximum atomic E-state index is 12.2. The Morgan fingerprint density at radius 3 is 2.08 bits per heavy atom. The average Bonchev–Trinajstić information content (AvgIpc) is 2.58. The van der Waals surface area contributed by atoms with Gasteiger partial charge in [0.25, 0.3) is 0 Å². The summed E-state index contributed by atoms with van der Waals surface area (Å²) >= 11 is 7.93. The van der Waals surface area contributed by atoms with Crippen LogP contribution in [0.25, 0.3) is 0 Å². The fourth-order valence-corrected chi connectivity index (χ4v) is 2.30. The zero-order valence-corrected chi connectivity index (χ0v) is 14.7. The second-order valence-corrected chi connectivity index (χ2v) is 5.85. The largest absolute Gasteiger partial charge is 0.480 e. The first-order valence-corrected chi connectivity index (χ1v) is 8.50. The van der Waals surface area contributed by atoms with Gasteiger partial charge in [0.1, 0.15) is 12.1 Å². The van der Waals surface area contributed by atoms with Crippen molar-refractivity contribution in [1.82, 2.24) is 10.6 Å². The number of thiol groups is 2. The number of carbonyl (C=O) groups is 3. The SMILES string of the molecule is NC(CS)C(=O)NC(CS)C(=O)NC(Cc1ccccc1)C(=O)O. The molecular weight excluding hydrogens is 350 g/mol. The molecule has 24 heavy (non-hydrogen) atoms. The van der Waals surface area contributed by atoms with E-state index >= 15 is 0 Å². The molecule has 2 amide bonds. The number of aliphatic carboxylic acids is 1. The Bertz CT molecular complexity index is 571. The van der Waals surface area contributed by atoms with Crippen molar-refractivity contribution in [2.24, 2.45) is 5.73 Å². The van der Waals surface area contributed by atoms with Gasteiger partial charge in [0.2, 0.25) is 11.8 Å². The third-order valence-electron chi connectivity index (χ3n) is 3.25. The Morgan fingerprint density at radius 2 is 1.58 bits per heavy atom. The van der Waals surface area contributed by atoms with Gasteiger partial charge in [-0.2, -0.15) is 25.3 Å². The Kier molecular flexibility index (Phi) is 8.66. The molecule has 0 heterocycles. The number of carboxylic acid groups (broad SMARTS) is 1. The molecule has 0 bridgehead atoms. The molecular formula is C15H21N3O4S2. The van der Waals surface area contributed by atoms with Crippen LogP contribution >= 0.6 is 25.3 Å². The highest BCUT2D eigenvalue weighted by Crippen LogP contribution is 2.04. The molecule has 1 aromatic rings. The van der Waals surface area contributed by atoms with E-state index in [1.807, 2.05) is 6.07 Å². The van der Waals surface area contributed by atoms with Gasteiger partial charge in [0.15, 0.2) is 0 Å². The molecule has 0 saturated carbocycles. The summed E-state index contributed by atoms with van der Waals surface area (Å²) in [5, 5.41) is 14.1. The normalized spacial score (nSPS) is 14.3. The third kappa shape index (κ3) is 6.42. The summed E-state index contributed by atoms with van der Waals surface area (Å²) < 4.78 is 0. The molecule has 0 saturated heterocycles. The molecule has 132 valence electrons. The highest BCUT2D eigenvalue weighted by atomic mass is 32.1. The summed E-state index contributed by atoms with van der Waals surface area (Å²) in [6.07, 6.45) is 0.130. The lowest BCUT2D eigenvalue weighted by Crippen LogP contribution is -2.55. The van der Waals surface area contributed by atoms with E-state index in [0.29, 0.717) is 0 Å². The number of hydrogen-bond donors (Lipinski definition) is 6. The summed E-state index contributed by atoms with van der Waals surface area (Å²) in [6, 6.07) is 5.97. The van der Waals surface area contributed by atoms with Crippen LogP contribution in [0, 0.1) is 0 Å². The van der Waals surface area contributed by atoms with Gasteiger partial charge in [-0.05, 0) is 5.56 Å². The van der Waals surface area contributed by atoms with Gasteiger partial charge in [0.05, 0.1) is 6.04 Å². The molecule has 0 aliphatic carbocycles. The summed E-state index contributed by atoms with van der Waals surface area (Å²) in [4.78, 5) is 35.3. The van der Waals surface area contributed by atoms with E-state index in [4.69, 9.17) is 5.73 Å². The lowest BCUT2D eigenvalue weighted by Gasteiger charge is -2.21. The predicted molar refractivity (Wildman–Crippen MR) is 97.3 cm³/mol. The molecule has 3 unspecified atom stereocenters. The van der Waals surface area contributed by atoms with Crippen molar-refractivity contribution in [3.8, 4) is 0 Å². The number of rotatable bonds is 9. The van der Waals surface area contributed by atoms with Crippen LogP contribution in [0.5, 0.6) is 0 Å². The number of amides is 2.